The Morgan fingerprint density at radius 2 is 1.95 bits per heavy atom. The molecule has 1 aromatic heterocycles. The number of primary amides is 1. The Morgan fingerprint density at radius 3 is 2.62 bits per heavy atom. The van der Waals surface area contributed by atoms with Crippen LogP contribution >= 0.6 is 11.3 Å². The Labute approximate surface area is 124 Å². The largest absolute Gasteiger partial charge is 0.481 e. The maximum Gasteiger partial charge on any atom is 0.308 e. The van der Waals surface area contributed by atoms with E-state index in [9.17, 15) is 14.0 Å². The van der Waals surface area contributed by atoms with Gasteiger partial charge in [0.25, 0.3) is 5.91 Å². The van der Waals surface area contributed by atoms with E-state index < -0.39 is 17.7 Å². The van der Waals surface area contributed by atoms with E-state index in [0.29, 0.717) is 12.2 Å². The Balaban J connectivity index is 2.03. The molecule has 1 amide bonds. The van der Waals surface area contributed by atoms with Crippen molar-refractivity contribution in [2.45, 2.75) is 13.0 Å². The molecule has 2 rings (SSSR count). The molecule has 0 aliphatic heterocycles. The summed E-state index contributed by atoms with van der Waals surface area (Å²) < 4.78 is 13.3. The molecule has 0 aliphatic carbocycles. The van der Waals surface area contributed by atoms with Gasteiger partial charge in [-0.1, -0.05) is 0 Å². The highest BCUT2D eigenvalue weighted by Gasteiger charge is 2.09. The van der Waals surface area contributed by atoms with Crippen LogP contribution in [0.1, 0.15) is 20.1 Å². The average Bonchev–Trinajstić information content (AvgIpc) is 2.84. The molecule has 0 atom stereocenters. The highest BCUT2D eigenvalue weighted by atomic mass is 32.1. The second kappa shape index (κ2) is 6.36. The molecule has 0 spiro atoms. The first-order valence-corrected chi connectivity index (χ1v) is 6.90. The van der Waals surface area contributed by atoms with E-state index in [0.717, 1.165) is 9.75 Å². The van der Waals surface area contributed by atoms with Crippen LogP contribution in [0.4, 0.5) is 10.1 Å². The van der Waals surface area contributed by atoms with Crippen LogP contribution in [0.2, 0.25) is 0 Å². The fraction of sp³-hybridized carbons (Fsp3) is 0.143. The van der Waals surface area contributed by atoms with Gasteiger partial charge in [0.05, 0.1) is 12.0 Å². The fourth-order valence-corrected chi connectivity index (χ4v) is 2.72. The van der Waals surface area contributed by atoms with E-state index in [2.05, 4.69) is 5.32 Å². The Kier molecular flexibility index (Phi) is 4.54. The lowest BCUT2D eigenvalue weighted by atomic mass is 10.2. The van der Waals surface area contributed by atoms with Gasteiger partial charge in [0.15, 0.2) is 0 Å². The summed E-state index contributed by atoms with van der Waals surface area (Å²) >= 11 is 1.39. The third-order valence-electron chi connectivity index (χ3n) is 2.74. The maximum absolute atomic E-state index is 13.3. The highest BCUT2D eigenvalue weighted by molar-refractivity contribution is 7.12. The number of benzene rings is 1. The molecule has 1 heterocycles. The van der Waals surface area contributed by atoms with Crippen LogP contribution in [0.3, 0.4) is 0 Å². The van der Waals surface area contributed by atoms with Crippen LogP contribution in [0, 0.1) is 5.82 Å². The molecule has 5 nitrogen and oxygen atoms in total. The molecule has 2 aromatic rings. The van der Waals surface area contributed by atoms with Gasteiger partial charge in [-0.05, 0) is 30.3 Å². The van der Waals surface area contributed by atoms with E-state index in [4.69, 9.17) is 10.8 Å². The summed E-state index contributed by atoms with van der Waals surface area (Å²) in [5.74, 6) is -2.36. The third-order valence-corrected chi connectivity index (χ3v) is 3.83. The van der Waals surface area contributed by atoms with E-state index in [1.54, 1.807) is 6.07 Å². The topological polar surface area (TPSA) is 92.4 Å². The number of hydrogen-bond acceptors (Lipinski definition) is 4. The van der Waals surface area contributed by atoms with Crippen molar-refractivity contribution in [3.63, 3.8) is 0 Å². The van der Waals surface area contributed by atoms with E-state index >= 15 is 0 Å². The molecule has 0 bridgehead atoms. The normalized spacial score (nSPS) is 10.3. The number of carboxylic acids is 1. The minimum atomic E-state index is -0.874. The number of carboxylic acid groups (broad SMARTS) is 1. The summed E-state index contributed by atoms with van der Waals surface area (Å²) in [5.41, 5.74) is 5.48. The zero-order valence-electron chi connectivity index (χ0n) is 10.9. The molecular weight excluding hydrogens is 295 g/mol. The molecule has 0 unspecified atom stereocenters. The number of nitrogens with one attached hydrogen (secondary N) is 1. The number of thiophene rings is 1. The Morgan fingerprint density at radius 1 is 1.24 bits per heavy atom. The summed E-state index contributed by atoms with van der Waals surface area (Å²) in [5, 5.41) is 11.7. The summed E-state index contributed by atoms with van der Waals surface area (Å²) in [6.45, 7) is 0.453. The first-order valence-electron chi connectivity index (χ1n) is 6.08. The fourth-order valence-electron chi connectivity index (χ4n) is 1.77. The minimum absolute atomic E-state index is 0.00691. The van der Waals surface area contributed by atoms with E-state index in [1.807, 2.05) is 6.07 Å². The summed E-state index contributed by atoms with van der Waals surface area (Å²) in [4.78, 5) is 23.4. The van der Waals surface area contributed by atoms with Gasteiger partial charge >= 0.3 is 5.97 Å². The predicted octanol–water partition coefficient (Wildman–Crippen LogP) is 2.23. The first-order chi connectivity index (χ1) is 9.95. The van der Waals surface area contributed by atoms with Crippen molar-refractivity contribution in [1.82, 2.24) is 0 Å². The molecule has 0 aliphatic rings. The van der Waals surface area contributed by atoms with E-state index in [-0.39, 0.29) is 12.0 Å². The number of nitrogens with two attached hydrogens (primary N) is 1. The van der Waals surface area contributed by atoms with Crippen molar-refractivity contribution in [3.8, 4) is 0 Å². The predicted molar refractivity (Wildman–Crippen MR) is 77.9 cm³/mol. The van der Waals surface area contributed by atoms with Gasteiger partial charge in [-0.2, -0.15) is 0 Å². The van der Waals surface area contributed by atoms with Crippen molar-refractivity contribution >= 4 is 28.9 Å². The van der Waals surface area contributed by atoms with Crippen LogP contribution in [0.15, 0.2) is 30.3 Å². The molecule has 21 heavy (non-hydrogen) atoms. The zero-order chi connectivity index (χ0) is 15.4. The van der Waals surface area contributed by atoms with Gasteiger partial charge in [0, 0.05) is 22.0 Å². The quantitative estimate of drug-likeness (QED) is 0.763. The smallest absolute Gasteiger partial charge is 0.308 e. The van der Waals surface area contributed by atoms with Gasteiger partial charge in [-0.25, -0.2) is 4.39 Å². The molecule has 110 valence electrons. The van der Waals surface area contributed by atoms with Gasteiger partial charge in [-0.15, -0.1) is 11.3 Å². The zero-order valence-corrected chi connectivity index (χ0v) is 11.7. The van der Waals surface area contributed by atoms with Crippen molar-refractivity contribution < 1.29 is 19.1 Å². The number of anilines is 1. The van der Waals surface area contributed by atoms with Crippen molar-refractivity contribution in [3.05, 3.63) is 51.5 Å². The number of aliphatic carboxylic acids is 1. The standard InChI is InChI=1S/C14H13FN2O3S/c15-12-4-1-8(5-11(12)14(16)20)17-7-10-3-2-9(21-10)6-13(18)19/h1-5,17H,6-7H2,(H2,16,20)(H,18,19). The summed E-state index contributed by atoms with van der Waals surface area (Å²) in [6.07, 6.45) is -0.00691. The molecule has 1 aromatic carbocycles. The average molecular weight is 308 g/mol. The maximum atomic E-state index is 13.3. The number of halogens is 1. The van der Waals surface area contributed by atoms with Crippen LogP contribution in [-0.2, 0) is 17.8 Å². The molecule has 4 N–H and O–H groups in total. The van der Waals surface area contributed by atoms with Crippen LogP contribution < -0.4 is 11.1 Å². The Bertz CT molecular complexity index is 685. The number of hydrogen-bond donors (Lipinski definition) is 3. The Hall–Kier alpha value is -2.41. The first kappa shape index (κ1) is 15.0. The van der Waals surface area contributed by atoms with Crippen molar-refractivity contribution in [2.24, 2.45) is 5.73 Å². The second-order valence-electron chi connectivity index (χ2n) is 4.35. The number of rotatable bonds is 6. The molecule has 7 heteroatoms. The number of carbonyl (C=O) groups excluding carboxylic acids is 1. The van der Waals surface area contributed by atoms with Crippen LogP contribution in [0.5, 0.6) is 0 Å². The van der Waals surface area contributed by atoms with Gasteiger partial charge in [0.2, 0.25) is 0 Å². The van der Waals surface area contributed by atoms with Gasteiger partial charge in [-0.3, -0.25) is 9.59 Å². The van der Waals surface area contributed by atoms with Gasteiger partial charge < -0.3 is 16.2 Å². The van der Waals surface area contributed by atoms with E-state index in [1.165, 1.54) is 29.5 Å². The lowest BCUT2D eigenvalue weighted by Crippen LogP contribution is -2.13. The van der Waals surface area contributed by atoms with Crippen LogP contribution in [-0.4, -0.2) is 17.0 Å². The minimum Gasteiger partial charge on any atom is -0.481 e. The molecule has 0 saturated heterocycles. The number of carbonyl (C=O) groups is 2. The summed E-state index contributed by atoms with van der Waals surface area (Å²) in [7, 11) is 0. The molecule has 0 fully saturated rings. The number of amides is 1. The third kappa shape index (κ3) is 4.03. The molecule has 0 saturated carbocycles. The SMILES string of the molecule is NC(=O)c1cc(NCc2ccc(CC(=O)O)s2)ccc1F. The van der Waals surface area contributed by atoms with Crippen LogP contribution in [0.25, 0.3) is 0 Å². The highest BCUT2D eigenvalue weighted by Crippen LogP contribution is 2.20. The molecule has 0 radical (unpaired) electrons. The molecular formula is C14H13FN2O3S. The van der Waals surface area contributed by atoms with Gasteiger partial charge in [0.1, 0.15) is 5.82 Å². The monoisotopic (exact) mass is 308 g/mol. The lowest BCUT2D eigenvalue weighted by Gasteiger charge is -2.06. The van der Waals surface area contributed by atoms with Crippen molar-refractivity contribution in [1.29, 1.82) is 0 Å². The summed E-state index contributed by atoms with van der Waals surface area (Å²) in [6, 6.07) is 7.62. The lowest BCUT2D eigenvalue weighted by molar-refractivity contribution is -0.136. The van der Waals surface area contributed by atoms with Crippen molar-refractivity contribution in [2.75, 3.05) is 5.32 Å². The second-order valence-corrected chi connectivity index (χ2v) is 5.60.